The van der Waals surface area contributed by atoms with Crippen LogP contribution in [-0.2, 0) is 0 Å². The third-order valence-corrected chi connectivity index (χ3v) is 2.61. The van der Waals surface area contributed by atoms with Crippen molar-refractivity contribution in [3.05, 3.63) is 12.2 Å². The van der Waals surface area contributed by atoms with E-state index in [2.05, 4.69) is 0 Å². The smallest absolute Gasteiger partial charge is 0.0102 e. The van der Waals surface area contributed by atoms with E-state index in [-0.39, 0.29) is 0 Å². The highest BCUT2D eigenvalue weighted by atomic mass is 14.4. The van der Waals surface area contributed by atoms with E-state index in [0.717, 1.165) is 17.4 Å². The molecule has 2 rings (SSSR count). The van der Waals surface area contributed by atoms with Crippen LogP contribution >= 0.6 is 0 Å². The fourth-order valence-corrected chi connectivity index (χ4v) is 2.05. The first-order chi connectivity index (χ1) is 3.88. The van der Waals surface area contributed by atoms with Crippen LogP contribution in [0.4, 0.5) is 0 Å². The Morgan fingerprint density at radius 2 is 1.38 bits per heavy atom. The number of hydrogen-bond acceptors (Lipinski definition) is 0. The quantitative estimate of drug-likeness (QED) is 0.443. The van der Waals surface area contributed by atoms with Gasteiger partial charge >= 0.3 is 0 Å². The van der Waals surface area contributed by atoms with Gasteiger partial charge in [-0.3, -0.25) is 0 Å². The SMILES string of the molecule is [C]=C1C2CCC1CC2. The minimum absolute atomic E-state index is 0.722. The van der Waals surface area contributed by atoms with Gasteiger partial charge in [-0.15, -0.1) is 0 Å². The van der Waals surface area contributed by atoms with Crippen molar-refractivity contribution in [1.29, 1.82) is 0 Å². The summed E-state index contributed by atoms with van der Waals surface area (Å²) in [5, 5.41) is 0. The maximum Gasteiger partial charge on any atom is -0.0102 e. The Bertz CT molecular complexity index is 102. The van der Waals surface area contributed by atoms with Crippen LogP contribution in [0.25, 0.3) is 0 Å². The van der Waals surface area contributed by atoms with E-state index in [4.69, 9.17) is 6.58 Å². The Hall–Kier alpha value is -0.260. The Balaban J connectivity index is 2.28. The van der Waals surface area contributed by atoms with Gasteiger partial charge < -0.3 is 0 Å². The first-order valence-electron chi connectivity index (χ1n) is 3.46. The van der Waals surface area contributed by atoms with Crippen LogP contribution in [0.1, 0.15) is 25.7 Å². The van der Waals surface area contributed by atoms with Crippen molar-refractivity contribution in [3.63, 3.8) is 0 Å². The molecule has 0 nitrogen and oxygen atoms in total. The van der Waals surface area contributed by atoms with E-state index >= 15 is 0 Å². The molecule has 0 heteroatoms. The second-order valence-corrected chi connectivity index (χ2v) is 3.00. The van der Waals surface area contributed by atoms with Crippen molar-refractivity contribution in [2.45, 2.75) is 25.7 Å². The molecular weight excluding hydrogens is 96.1 g/mol. The Kier molecular flexibility index (Phi) is 0.787. The second kappa shape index (κ2) is 1.37. The van der Waals surface area contributed by atoms with Gasteiger partial charge in [-0.25, -0.2) is 0 Å². The van der Waals surface area contributed by atoms with Crippen molar-refractivity contribution in [3.8, 4) is 0 Å². The van der Waals surface area contributed by atoms with Crippen LogP contribution < -0.4 is 0 Å². The summed E-state index contributed by atoms with van der Waals surface area (Å²) in [6.07, 6.45) is 5.29. The average Bonchev–Trinajstić information content (AvgIpc) is 2.29. The molecule has 0 saturated heterocycles. The van der Waals surface area contributed by atoms with Gasteiger partial charge in [0.05, 0.1) is 0 Å². The fraction of sp³-hybridized carbons (Fsp3) is 0.750. The van der Waals surface area contributed by atoms with Crippen molar-refractivity contribution < 1.29 is 0 Å². The van der Waals surface area contributed by atoms with Crippen molar-refractivity contribution in [1.82, 2.24) is 0 Å². The summed E-state index contributed by atoms with van der Waals surface area (Å²) in [5.74, 6) is 1.44. The van der Waals surface area contributed by atoms with Crippen LogP contribution in [0.2, 0.25) is 0 Å². The molecule has 2 fully saturated rings. The van der Waals surface area contributed by atoms with Gasteiger partial charge in [0.25, 0.3) is 0 Å². The molecule has 0 atom stereocenters. The van der Waals surface area contributed by atoms with Crippen LogP contribution in [0.15, 0.2) is 5.57 Å². The molecule has 0 aromatic carbocycles. The third kappa shape index (κ3) is 0.410. The Morgan fingerprint density at radius 3 is 1.50 bits per heavy atom. The predicted molar refractivity (Wildman–Crippen MR) is 32.2 cm³/mol. The van der Waals surface area contributed by atoms with Crippen LogP contribution in [0.3, 0.4) is 0 Å². The maximum atomic E-state index is 7.52. The minimum Gasteiger partial charge on any atom is -0.0555 e. The molecule has 2 bridgehead atoms. The standard InChI is InChI=1S/C8H10/c1-6-7-2-3-8(6)5-4-7/h7-8H,2-5H2. The van der Waals surface area contributed by atoms with E-state index in [1.165, 1.54) is 25.7 Å². The normalized spacial score (nSPS) is 43.8. The molecule has 0 spiro atoms. The Labute approximate surface area is 50.6 Å². The molecule has 2 saturated carbocycles. The molecule has 0 aliphatic heterocycles. The molecule has 0 unspecified atom stereocenters. The lowest BCUT2D eigenvalue weighted by atomic mass is 10.0. The summed E-state index contributed by atoms with van der Waals surface area (Å²) >= 11 is 0. The highest BCUT2D eigenvalue weighted by Gasteiger charge is 2.34. The van der Waals surface area contributed by atoms with Crippen molar-refractivity contribution in [2.75, 3.05) is 0 Å². The van der Waals surface area contributed by atoms with Gasteiger partial charge in [0.1, 0.15) is 0 Å². The summed E-state index contributed by atoms with van der Waals surface area (Å²) < 4.78 is 0. The zero-order valence-corrected chi connectivity index (χ0v) is 4.98. The molecule has 2 aliphatic carbocycles. The fourth-order valence-electron chi connectivity index (χ4n) is 2.05. The Morgan fingerprint density at radius 1 is 1.00 bits per heavy atom. The van der Waals surface area contributed by atoms with E-state index in [1.807, 2.05) is 0 Å². The third-order valence-electron chi connectivity index (χ3n) is 2.61. The van der Waals surface area contributed by atoms with Crippen LogP contribution in [0.5, 0.6) is 0 Å². The largest absolute Gasteiger partial charge is 0.0555 e. The van der Waals surface area contributed by atoms with Gasteiger partial charge in [0, 0.05) is 0 Å². The minimum atomic E-state index is 0.722. The lowest BCUT2D eigenvalue weighted by Gasteiger charge is -2.04. The monoisotopic (exact) mass is 106 g/mol. The van der Waals surface area contributed by atoms with Gasteiger partial charge in [-0.05, 0) is 44.1 Å². The number of allylic oxidation sites excluding steroid dienone is 1. The van der Waals surface area contributed by atoms with Crippen molar-refractivity contribution >= 4 is 0 Å². The summed E-state index contributed by atoms with van der Waals surface area (Å²) in [4.78, 5) is 0. The molecule has 0 heterocycles. The maximum absolute atomic E-state index is 7.52. The lowest BCUT2D eigenvalue weighted by molar-refractivity contribution is 0.480. The second-order valence-electron chi connectivity index (χ2n) is 3.00. The van der Waals surface area contributed by atoms with Crippen molar-refractivity contribution in [2.24, 2.45) is 11.8 Å². The van der Waals surface area contributed by atoms with Crippen LogP contribution in [-0.4, -0.2) is 0 Å². The molecule has 0 N–H and O–H groups in total. The number of hydrogen-bond donors (Lipinski definition) is 0. The summed E-state index contributed by atoms with van der Waals surface area (Å²) in [6.45, 7) is 7.52. The summed E-state index contributed by atoms with van der Waals surface area (Å²) in [6, 6.07) is 0. The first-order valence-corrected chi connectivity index (χ1v) is 3.46. The molecule has 0 aromatic heterocycles. The summed E-state index contributed by atoms with van der Waals surface area (Å²) in [5.41, 5.74) is 1.07. The topological polar surface area (TPSA) is 0 Å². The molecular formula is C8H10. The highest BCUT2D eigenvalue weighted by Crippen LogP contribution is 2.47. The van der Waals surface area contributed by atoms with E-state index < -0.39 is 0 Å². The molecule has 8 heavy (non-hydrogen) atoms. The molecule has 42 valence electrons. The van der Waals surface area contributed by atoms with Crippen LogP contribution in [0, 0.1) is 18.4 Å². The van der Waals surface area contributed by atoms with Gasteiger partial charge in [0.15, 0.2) is 0 Å². The first kappa shape index (κ1) is 4.60. The predicted octanol–water partition coefficient (Wildman–Crippen LogP) is 2.04. The van der Waals surface area contributed by atoms with E-state index in [1.54, 1.807) is 0 Å². The lowest BCUT2D eigenvalue weighted by Crippen LogP contribution is -1.90. The van der Waals surface area contributed by atoms with Gasteiger partial charge in [0.2, 0.25) is 0 Å². The molecule has 2 aliphatic rings. The highest BCUT2D eigenvalue weighted by molar-refractivity contribution is 5.14. The molecule has 0 aromatic rings. The van der Waals surface area contributed by atoms with E-state index in [9.17, 15) is 0 Å². The molecule has 2 radical (unpaired) electrons. The number of fused-ring (bicyclic) bond motifs is 2. The van der Waals surface area contributed by atoms with E-state index in [0.29, 0.717) is 0 Å². The zero-order chi connectivity index (χ0) is 5.56. The molecule has 0 amide bonds. The van der Waals surface area contributed by atoms with Gasteiger partial charge in [-0.2, -0.15) is 0 Å². The average molecular weight is 106 g/mol. The zero-order valence-electron chi connectivity index (χ0n) is 4.98. The van der Waals surface area contributed by atoms with Gasteiger partial charge in [-0.1, -0.05) is 5.57 Å². The summed E-state index contributed by atoms with van der Waals surface area (Å²) in [7, 11) is 0. The number of rotatable bonds is 0.